The van der Waals surface area contributed by atoms with Crippen LogP contribution in [0.5, 0.6) is 17.2 Å². The van der Waals surface area contributed by atoms with Gasteiger partial charge in [0.15, 0.2) is 11.5 Å². The lowest BCUT2D eigenvalue weighted by Crippen LogP contribution is -2.10. The Morgan fingerprint density at radius 3 is 2.28 bits per heavy atom. The molecule has 1 atom stereocenters. The van der Waals surface area contributed by atoms with E-state index in [1.165, 1.54) is 17.7 Å². The van der Waals surface area contributed by atoms with Crippen LogP contribution in [0.15, 0.2) is 66.7 Å². The average molecular weight is 487 g/mol. The molecular formula is C29H30N2O5. The Balaban J connectivity index is 1.65. The summed E-state index contributed by atoms with van der Waals surface area (Å²) in [5.41, 5.74) is 3.00. The first-order chi connectivity index (χ1) is 17.4. The zero-order chi connectivity index (χ0) is 25.9. The third-order valence-electron chi connectivity index (χ3n) is 5.76. The van der Waals surface area contributed by atoms with Crippen molar-refractivity contribution in [1.29, 1.82) is 5.26 Å². The second-order valence-electron chi connectivity index (χ2n) is 8.19. The van der Waals surface area contributed by atoms with Crippen LogP contribution in [0.4, 0.5) is 5.69 Å². The van der Waals surface area contributed by atoms with E-state index in [1.807, 2.05) is 25.1 Å². The molecule has 3 rings (SSSR count). The third kappa shape index (κ3) is 7.09. The second-order valence-corrected chi connectivity index (χ2v) is 8.19. The van der Waals surface area contributed by atoms with E-state index >= 15 is 0 Å². The molecule has 186 valence electrons. The molecular weight excluding hydrogens is 456 g/mol. The maximum atomic E-state index is 10.9. The van der Waals surface area contributed by atoms with Crippen molar-refractivity contribution in [3.05, 3.63) is 93.5 Å². The summed E-state index contributed by atoms with van der Waals surface area (Å²) in [6.45, 7) is 7.44. The number of hydrogen-bond acceptors (Lipinski definition) is 6. The Bertz CT molecular complexity index is 1230. The molecule has 3 aromatic carbocycles. The highest BCUT2D eigenvalue weighted by Gasteiger charge is 2.10. The lowest BCUT2D eigenvalue weighted by atomic mass is 9.99. The summed E-state index contributed by atoms with van der Waals surface area (Å²) >= 11 is 0. The van der Waals surface area contributed by atoms with Gasteiger partial charge in [0.2, 0.25) is 0 Å². The van der Waals surface area contributed by atoms with Gasteiger partial charge in [0.25, 0.3) is 5.69 Å². The van der Waals surface area contributed by atoms with E-state index in [4.69, 9.17) is 14.2 Å². The zero-order valence-corrected chi connectivity index (χ0v) is 20.8. The molecule has 0 spiro atoms. The van der Waals surface area contributed by atoms with Crippen molar-refractivity contribution in [2.45, 2.75) is 33.1 Å². The molecule has 0 saturated heterocycles. The number of allylic oxidation sites excluding steroid dienone is 1. The van der Waals surface area contributed by atoms with Crippen LogP contribution in [0.3, 0.4) is 0 Å². The molecule has 0 radical (unpaired) electrons. The number of hydrogen-bond donors (Lipinski definition) is 0. The normalized spacial score (nSPS) is 11.9. The monoisotopic (exact) mass is 486 g/mol. The van der Waals surface area contributed by atoms with E-state index in [9.17, 15) is 15.4 Å². The molecule has 0 N–H and O–H groups in total. The van der Waals surface area contributed by atoms with Gasteiger partial charge >= 0.3 is 0 Å². The summed E-state index contributed by atoms with van der Waals surface area (Å²) in [5, 5.41) is 20.5. The van der Waals surface area contributed by atoms with Gasteiger partial charge in [-0.05, 0) is 78.4 Å². The lowest BCUT2D eigenvalue weighted by molar-refractivity contribution is -0.384. The molecule has 0 saturated carbocycles. The largest absolute Gasteiger partial charge is 0.490 e. The second kappa shape index (κ2) is 13.0. The van der Waals surface area contributed by atoms with Crippen molar-refractivity contribution in [3.8, 4) is 23.3 Å². The van der Waals surface area contributed by atoms with Gasteiger partial charge in [-0.3, -0.25) is 10.1 Å². The molecule has 0 aliphatic heterocycles. The predicted octanol–water partition coefficient (Wildman–Crippen LogP) is 7.03. The predicted molar refractivity (Wildman–Crippen MR) is 140 cm³/mol. The van der Waals surface area contributed by atoms with Crippen LogP contribution >= 0.6 is 0 Å². The van der Waals surface area contributed by atoms with Crippen LogP contribution in [0.1, 0.15) is 49.8 Å². The average Bonchev–Trinajstić information content (AvgIpc) is 2.90. The van der Waals surface area contributed by atoms with Gasteiger partial charge in [0.1, 0.15) is 19.0 Å². The van der Waals surface area contributed by atoms with E-state index in [0.717, 1.165) is 17.7 Å². The summed E-state index contributed by atoms with van der Waals surface area (Å²) in [5.74, 6) is 2.46. The molecule has 7 heteroatoms. The molecule has 0 aromatic heterocycles. The highest BCUT2D eigenvalue weighted by atomic mass is 16.6. The van der Waals surface area contributed by atoms with Crippen LogP contribution < -0.4 is 14.2 Å². The third-order valence-corrected chi connectivity index (χ3v) is 5.76. The quantitative estimate of drug-likeness (QED) is 0.0897. The smallest absolute Gasteiger partial charge is 0.269 e. The van der Waals surface area contributed by atoms with Crippen molar-refractivity contribution >= 4 is 17.3 Å². The van der Waals surface area contributed by atoms with E-state index in [0.29, 0.717) is 48.4 Å². The molecule has 1 unspecified atom stereocenters. The van der Waals surface area contributed by atoms with Gasteiger partial charge in [-0.1, -0.05) is 32.0 Å². The maximum absolute atomic E-state index is 10.9. The highest BCUT2D eigenvalue weighted by molar-refractivity contribution is 5.90. The topological polar surface area (TPSA) is 94.6 Å². The van der Waals surface area contributed by atoms with Gasteiger partial charge in [0, 0.05) is 12.1 Å². The highest BCUT2D eigenvalue weighted by Crippen LogP contribution is 2.31. The van der Waals surface area contributed by atoms with Gasteiger partial charge in [0.05, 0.1) is 23.2 Å². The van der Waals surface area contributed by atoms with Gasteiger partial charge in [-0.2, -0.15) is 5.26 Å². The summed E-state index contributed by atoms with van der Waals surface area (Å²) in [4.78, 5) is 10.4. The first-order valence-electron chi connectivity index (χ1n) is 11.9. The number of nitro benzene ring substituents is 1. The molecule has 3 aromatic rings. The fourth-order valence-corrected chi connectivity index (χ4v) is 3.55. The zero-order valence-electron chi connectivity index (χ0n) is 20.8. The molecule has 0 bridgehead atoms. The first-order valence-corrected chi connectivity index (χ1v) is 11.9. The molecule has 0 heterocycles. The Morgan fingerprint density at radius 2 is 1.67 bits per heavy atom. The van der Waals surface area contributed by atoms with Crippen molar-refractivity contribution in [1.82, 2.24) is 0 Å². The first kappa shape index (κ1) is 26.3. The molecule has 0 amide bonds. The molecule has 36 heavy (non-hydrogen) atoms. The lowest BCUT2D eigenvalue weighted by Gasteiger charge is -2.14. The van der Waals surface area contributed by atoms with Crippen molar-refractivity contribution in [3.63, 3.8) is 0 Å². The number of rotatable bonds is 12. The van der Waals surface area contributed by atoms with E-state index in [1.54, 1.807) is 30.3 Å². The molecule has 7 nitrogen and oxygen atoms in total. The van der Waals surface area contributed by atoms with Crippen LogP contribution in [0.2, 0.25) is 0 Å². The number of non-ortho nitro benzene ring substituents is 1. The molecule has 0 aliphatic rings. The number of benzene rings is 3. The van der Waals surface area contributed by atoms with Crippen molar-refractivity contribution in [2.24, 2.45) is 0 Å². The number of nitrogens with zero attached hydrogens (tertiary/aromatic N) is 2. The van der Waals surface area contributed by atoms with E-state index in [2.05, 4.69) is 32.0 Å². The van der Waals surface area contributed by atoms with Crippen LogP contribution in [-0.4, -0.2) is 24.7 Å². The Kier molecular flexibility index (Phi) is 9.47. The summed E-state index contributed by atoms with van der Waals surface area (Å²) in [6.07, 6.45) is 2.80. The Labute approximate surface area is 211 Å². The summed E-state index contributed by atoms with van der Waals surface area (Å²) in [7, 11) is 0. The van der Waals surface area contributed by atoms with E-state index < -0.39 is 4.92 Å². The fourth-order valence-electron chi connectivity index (χ4n) is 3.55. The minimum Gasteiger partial charge on any atom is -0.490 e. The maximum Gasteiger partial charge on any atom is 0.269 e. The Morgan fingerprint density at radius 1 is 0.972 bits per heavy atom. The number of nitriles is 1. The molecule has 0 aliphatic carbocycles. The number of ether oxygens (including phenoxy) is 3. The molecule has 0 fully saturated rings. The van der Waals surface area contributed by atoms with Crippen LogP contribution in [0, 0.1) is 21.4 Å². The van der Waals surface area contributed by atoms with Crippen LogP contribution in [0.25, 0.3) is 11.6 Å². The SMILES string of the molecule is CCOc1cc(/C=C(\C#N)c2ccc([N+](=O)[O-])cc2)ccc1OCCOc1ccc(C(C)CC)cc1. The summed E-state index contributed by atoms with van der Waals surface area (Å²) in [6, 6.07) is 21.6. The Hall–Kier alpha value is -4.31. The van der Waals surface area contributed by atoms with Gasteiger partial charge in [-0.25, -0.2) is 0 Å². The van der Waals surface area contributed by atoms with Gasteiger partial charge < -0.3 is 14.2 Å². The fraction of sp³-hybridized carbons (Fsp3) is 0.276. The van der Waals surface area contributed by atoms with Crippen LogP contribution in [-0.2, 0) is 0 Å². The van der Waals surface area contributed by atoms with Gasteiger partial charge in [-0.15, -0.1) is 0 Å². The number of nitro groups is 1. The van der Waals surface area contributed by atoms with Crippen molar-refractivity contribution < 1.29 is 19.1 Å². The standard InChI is InChI=1S/C29H30N2O5/c1-4-21(3)23-9-13-27(14-10-23)35-16-17-36-28-15-6-22(19-29(28)34-5-2)18-25(20-30)24-7-11-26(12-8-24)31(32)33/h6-15,18-19,21H,4-5,16-17H2,1-3H3/b25-18+. The summed E-state index contributed by atoms with van der Waals surface area (Å²) < 4.78 is 17.5. The van der Waals surface area contributed by atoms with Crippen molar-refractivity contribution in [2.75, 3.05) is 19.8 Å². The van der Waals surface area contributed by atoms with E-state index in [-0.39, 0.29) is 5.69 Å². The minimum atomic E-state index is -0.471. The minimum absolute atomic E-state index is 0.0248.